The summed E-state index contributed by atoms with van der Waals surface area (Å²) in [6.07, 6.45) is 0. The van der Waals surface area contributed by atoms with Gasteiger partial charge in [-0.2, -0.15) is 5.10 Å². The fraction of sp³-hybridized carbons (Fsp3) is 0.0600. The van der Waals surface area contributed by atoms with E-state index in [2.05, 4.69) is 211 Å². The normalized spacial score (nSPS) is 12.9. The smallest absolute Gasteiger partial charge is 0.101 e. The minimum absolute atomic E-state index is 0.119. The molecule has 0 radical (unpaired) electrons. The maximum atomic E-state index is 5.45. The van der Waals surface area contributed by atoms with Gasteiger partial charge in [-0.25, -0.2) is 4.52 Å². The third-order valence-corrected chi connectivity index (χ3v) is 11.0. The molecule has 9 aromatic rings. The van der Waals surface area contributed by atoms with Gasteiger partial charge in [-0.1, -0.05) is 166 Å². The fourth-order valence-electron chi connectivity index (χ4n) is 8.47. The molecule has 3 nitrogen and oxygen atoms in total. The first-order chi connectivity index (χ1) is 26.1. The average molecular weight is 680 g/mol. The van der Waals surface area contributed by atoms with E-state index in [1.807, 2.05) is 0 Å². The molecule has 0 unspecified atom stereocenters. The van der Waals surface area contributed by atoms with Gasteiger partial charge in [0, 0.05) is 44.3 Å². The van der Waals surface area contributed by atoms with Gasteiger partial charge in [0.2, 0.25) is 0 Å². The van der Waals surface area contributed by atoms with Crippen LogP contribution in [0.2, 0.25) is 0 Å². The summed E-state index contributed by atoms with van der Waals surface area (Å²) in [6, 6.07) is 67.7. The van der Waals surface area contributed by atoms with Crippen molar-refractivity contribution in [2.45, 2.75) is 19.3 Å². The monoisotopic (exact) mass is 679 g/mol. The summed E-state index contributed by atoms with van der Waals surface area (Å²) in [5.41, 5.74) is 16.2. The first kappa shape index (κ1) is 31.1. The van der Waals surface area contributed by atoms with Crippen molar-refractivity contribution in [3.8, 4) is 44.8 Å². The Kier molecular flexibility index (Phi) is 7.16. The van der Waals surface area contributed by atoms with Crippen LogP contribution in [0.25, 0.3) is 61.1 Å². The average Bonchev–Trinajstić information content (AvgIpc) is 3.73. The highest BCUT2D eigenvalue weighted by molar-refractivity contribution is 6.13. The number of hydrogen-bond donors (Lipinski definition) is 0. The Balaban J connectivity index is 1.30. The van der Waals surface area contributed by atoms with Gasteiger partial charge in [0.1, 0.15) is 5.69 Å². The van der Waals surface area contributed by atoms with E-state index >= 15 is 0 Å². The van der Waals surface area contributed by atoms with Crippen molar-refractivity contribution in [3.63, 3.8) is 0 Å². The third kappa shape index (κ3) is 4.92. The number of fused-ring (bicyclic) bond motifs is 6. The summed E-state index contributed by atoms with van der Waals surface area (Å²) in [4.78, 5) is 2.43. The molecule has 0 saturated carbocycles. The largest absolute Gasteiger partial charge is 0.310 e. The van der Waals surface area contributed by atoms with Gasteiger partial charge >= 0.3 is 0 Å². The summed E-state index contributed by atoms with van der Waals surface area (Å²) in [5.74, 6) is 0. The van der Waals surface area contributed by atoms with Gasteiger partial charge in [-0.3, -0.25) is 0 Å². The lowest BCUT2D eigenvalue weighted by Gasteiger charge is -2.29. The molecular formula is C50H37N3. The Hall–Kier alpha value is -6.71. The van der Waals surface area contributed by atoms with Gasteiger partial charge in [-0.15, -0.1) is 0 Å². The van der Waals surface area contributed by atoms with Crippen LogP contribution in [-0.2, 0) is 5.41 Å². The zero-order valence-corrected chi connectivity index (χ0v) is 29.7. The molecule has 0 spiro atoms. The van der Waals surface area contributed by atoms with Gasteiger partial charge in [0.25, 0.3) is 0 Å². The van der Waals surface area contributed by atoms with Crippen molar-refractivity contribution in [3.05, 3.63) is 199 Å². The summed E-state index contributed by atoms with van der Waals surface area (Å²) in [5, 5.41) is 7.75. The van der Waals surface area contributed by atoms with E-state index in [-0.39, 0.29) is 5.41 Å². The SMILES string of the molecule is CC1(C)c2ccccc2-c2ccc(N(c3ccccc3)c3cccc4c3cc(-c3ccccc3)n3nc(-c5ccccc5)c(-c5ccccc5)c43)cc21. The summed E-state index contributed by atoms with van der Waals surface area (Å²) < 4.78 is 2.17. The lowest BCUT2D eigenvalue weighted by atomic mass is 9.82. The van der Waals surface area contributed by atoms with Crippen LogP contribution in [0.4, 0.5) is 17.1 Å². The standard InChI is InChI=1S/C50H37N3/c1-50(2)43-28-16-15-26-39(43)40-31-30-38(32-44(40)50)52(37-24-13-6-14-25-37)45-29-17-27-41-42(45)33-46(34-18-7-3-8-19-34)53-49(41)47(35-20-9-4-10-21-35)48(51-53)36-22-11-5-12-23-36/h3-33H,1-2H3. The molecule has 0 N–H and O–H groups in total. The highest BCUT2D eigenvalue weighted by Crippen LogP contribution is 2.51. The second-order valence-electron chi connectivity index (χ2n) is 14.4. The molecule has 2 heterocycles. The van der Waals surface area contributed by atoms with Gasteiger partial charge in [0.15, 0.2) is 0 Å². The lowest BCUT2D eigenvalue weighted by molar-refractivity contribution is 0.660. The van der Waals surface area contributed by atoms with Crippen molar-refractivity contribution in [2.24, 2.45) is 0 Å². The Bertz CT molecular complexity index is 2780. The molecule has 0 saturated heterocycles. The Morgan fingerprint density at radius 3 is 1.79 bits per heavy atom. The molecule has 3 heteroatoms. The molecule has 0 bridgehead atoms. The molecule has 7 aromatic carbocycles. The topological polar surface area (TPSA) is 20.5 Å². The molecule has 0 amide bonds. The fourth-order valence-corrected chi connectivity index (χ4v) is 8.47. The minimum Gasteiger partial charge on any atom is -0.310 e. The Labute approximate surface area is 310 Å². The van der Waals surface area contributed by atoms with E-state index in [0.717, 1.165) is 67.0 Å². The molecule has 53 heavy (non-hydrogen) atoms. The molecule has 252 valence electrons. The van der Waals surface area contributed by atoms with E-state index in [9.17, 15) is 0 Å². The molecular weight excluding hydrogens is 643 g/mol. The molecule has 0 fully saturated rings. The zero-order chi connectivity index (χ0) is 35.5. The summed E-state index contributed by atoms with van der Waals surface area (Å²) >= 11 is 0. The van der Waals surface area contributed by atoms with Crippen LogP contribution < -0.4 is 4.90 Å². The second-order valence-corrected chi connectivity index (χ2v) is 14.4. The van der Waals surface area contributed by atoms with E-state index in [0.29, 0.717) is 0 Å². The number of pyridine rings is 1. The quantitative estimate of drug-likeness (QED) is 0.174. The van der Waals surface area contributed by atoms with Crippen LogP contribution in [0.15, 0.2) is 188 Å². The van der Waals surface area contributed by atoms with Crippen molar-refractivity contribution >= 4 is 33.4 Å². The minimum atomic E-state index is -0.119. The first-order valence-electron chi connectivity index (χ1n) is 18.3. The number of hydrogen-bond acceptors (Lipinski definition) is 2. The molecule has 0 aliphatic heterocycles. The van der Waals surface area contributed by atoms with E-state index in [1.54, 1.807) is 0 Å². The number of aromatic nitrogens is 2. The van der Waals surface area contributed by atoms with Gasteiger partial charge in [0.05, 0.1) is 16.9 Å². The van der Waals surface area contributed by atoms with Crippen LogP contribution in [0, 0.1) is 0 Å². The van der Waals surface area contributed by atoms with Crippen LogP contribution in [0.3, 0.4) is 0 Å². The summed E-state index contributed by atoms with van der Waals surface area (Å²) in [7, 11) is 0. The number of rotatable bonds is 6. The van der Waals surface area contributed by atoms with Crippen LogP contribution in [0.5, 0.6) is 0 Å². The Morgan fingerprint density at radius 1 is 0.472 bits per heavy atom. The van der Waals surface area contributed by atoms with Crippen molar-refractivity contribution in [1.29, 1.82) is 0 Å². The van der Waals surface area contributed by atoms with E-state index < -0.39 is 0 Å². The predicted octanol–water partition coefficient (Wildman–Crippen LogP) is 13.3. The molecule has 1 aliphatic carbocycles. The van der Waals surface area contributed by atoms with E-state index in [4.69, 9.17) is 5.10 Å². The molecule has 2 aromatic heterocycles. The summed E-state index contributed by atoms with van der Waals surface area (Å²) in [6.45, 7) is 4.70. The van der Waals surface area contributed by atoms with Crippen molar-refractivity contribution < 1.29 is 0 Å². The number of benzene rings is 7. The highest BCUT2D eigenvalue weighted by Gasteiger charge is 2.36. The maximum absolute atomic E-state index is 5.45. The second kappa shape index (κ2) is 12.2. The molecule has 10 rings (SSSR count). The van der Waals surface area contributed by atoms with Crippen LogP contribution >= 0.6 is 0 Å². The highest BCUT2D eigenvalue weighted by atomic mass is 15.2. The van der Waals surface area contributed by atoms with Crippen molar-refractivity contribution in [1.82, 2.24) is 9.61 Å². The van der Waals surface area contributed by atoms with E-state index in [1.165, 1.54) is 22.3 Å². The predicted molar refractivity (Wildman–Crippen MR) is 221 cm³/mol. The Morgan fingerprint density at radius 2 is 1.08 bits per heavy atom. The maximum Gasteiger partial charge on any atom is 0.101 e. The molecule has 0 atom stereocenters. The number of para-hydroxylation sites is 1. The number of nitrogens with zero attached hydrogens (tertiary/aromatic N) is 3. The number of anilines is 3. The van der Waals surface area contributed by atoms with Crippen LogP contribution in [0.1, 0.15) is 25.0 Å². The van der Waals surface area contributed by atoms with Gasteiger partial charge in [-0.05, 0) is 64.2 Å². The van der Waals surface area contributed by atoms with Gasteiger partial charge < -0.3 is 4.90 Å². The third-order valence-electron chi connectivity index (χ3n) is 11.0. The van der Waals surface area contributed by atoms with Crippen LogP contribution in [-0.4, -0.2) is 9.61 Å². The first-order valence-corrected chi connectivity index (χ1v) is 18.3. The lowest BCUT2D eigenvalue weighted by Crippen LogP contribution is -2.16. The molecule has 1 aliphatic rings. The zero-order valence-electron chi connectivity index (χ0n) is 29.7. The van der Waals surface area contributed by atoms with Crippen molar-refractivity contribution in [2.75, 3.05) is 4.90 Å².